The molecule has 2 atom stereocenters. The van der Waals surface area contributed by atoms with Crippen LogP contribution in [0.3, 0.4) is 0 Å². The fourth-order valence-electron chi connectivity index (χ4n) is 2.08. The average molecular weight is 261 g/mol. The lowest BCUT2D eigenvalue weighted by molar-refractivity contribution is 0.0951. The minimum atomic E-state index is -0.116. The first-order valence-corrected chi connectivity index (χ1v) is 6.83. The first-order valence-electron chi connectivity index (χ1n) is 6.83. The van der Waals surface area contributed by atoms with Crippen LogP contribution in [0.25, 0.3) is 0 Å². The summed E-state index contributed by atoms with van der Waals surface area (Å²) in [6.07, 6.45) is 1.21. The lowest BCUT2D eigenvalue weighted by Crippen LogP contribution is -2.27. The van der Waals surface area contributed by atoms with E-state index in [4.69, 9.17) is 5.73 Å². The van der Waals surface area contributed by atoms with E-state index < -0.39 is 0 Å². The molecule has 1 aliphatic carbocycles. The van der Waals surface area contributed by atoms with Crippen molar-refractivity contribution in [1.29, 1.82) is 0 Å². The van der Waals surface area contributed by atoms with Gasteiger partial charge in [0.1, 0.15) is 5.82 Å². The van der Waals surface area contributed by atoms with Crippen LogP contribution in [0.15, 0.2) is 12.1 Å². The summed E-state index contributed by atoms with van der Waals surface area (Å²) >= 11 is 0. The Bertz CT molecular complexity index is 491. The first-order chi connectivity index (χ1) is 8.77. The van der Waals surface area contributed by atoms with Crippen LogP contribution in [0.5, 0.6) is 0 Å². The van der Waals surface area contributed by atoms with E-state index in [1.807, 2.05) is 6.07 Å². The third-order valence-corrected chi connectivity index (χ3v) is 3.68. The number of anilines is 1. The number of aromatic nitrogens is 1. The first kappa shape index (κ1) is 13.8. The summed E-state index contributed by atoms with van der Waals surface area (Å²) in [6.45, 7) is 9.14. The number of rotatable bonds is 3. The van der Waals surface area contributed by atoms with Crippen molar-refractivity contribution in [2.75, 3.05) is 12.3 Å². The van der Waals surface area contributed by atoms with Crippen LogP contribution >= 0.6 is 0 Å². The molecule has 1 amide bonds. The summed E-state index contributed by atoms with van der Waals surface area (Å²) in [5, 5.41) is 2.97. The van der Waals surface area contributed by atoms with Gasteiger partial charge in [-0.05, 0) is 30.4 Å². The van der Waals surface area contributed by atoms with Crippen molar-refractivity contribution in [3.05, 3.63) is 23.4 Å². The van der Waals surface area contributed by atoms with Gasteiger partial charge in [-0.25, -0.2) is 4.98 Å². The SMILES string of the molecule is CC1CC1CNC(=O)c1cc(N)nc(C(C)(C)C)c1. The van der Waals surface area contributed by atoms with Crippen LogP contribution in [0, 0.1) is 11.8 Å². The van der Waals surface area contributed by atoms with Crippen LogP contribution in [-0.2, 0) is 5.41 Å². The van der Waals surface area contributed by atoms with Crippen molar-refractivity contribution in [2.45, 2.75) is 39.5 Å². The molecule has 1 saturated carbocycles. The fourth-order valence-corrected chi connectivity index (χ4v) is 2.08. The number of nitrogens with two attached hydrogens (primary N) is 1. The maximum atomic E-state index is 12.1. The highest BCUT2D eigenvalue weighted by Gasteiger charge is 2.32. The minimum absolute atomic E-state index is 0.0568. The molecule has 1 heterocycles. The van der Waals surface area contributed by atoms with Crippen molar-refractivity contribution < 1.29 is 4.79 Å². The largest absolute Gasteiger partial charge is 0.384 e. The molecule has 104 valence electrons. The van der Waals surface area contributed by atoms with Gasteiger partial charge in [0.2, 0.25) is 0 Å². The molecule has 4 heteroatoms. The van der Waals surface area contributed by atoms with Gasteiger partial charge in [-0.15, -0.1) is 0 Å². The van der Waals surface area contributed by atoms with Crippen LogP contribution in [-0.4, -0.2) is 17.4 Å². The number of carbonyl (C=O) groups excluding carboxylic acids is 1. The number of amides is 1. The zero-order valence-corrected chi connectivity index (χ0v) is 12.2. The Morgan fingerprint density at radius 2 is 2.11 bits per heavy atom. The third-order valence-electron chi connectivity index (χ3n) is 3.68. The smallest absolute Gasteiger partial charge is 0.251 e. The Balaban J connectivity index is 2.10. The van der Waals surface area contributed by atoms with Gasteiger partial charge in [0.05, 0.1) is 0 Å². The predicted octanol–water partition coefficient (Wildman–Crippen LogP) is 2.35. The lowest BCUT2D eigenvalue weighted by atomic mass is 9.90. The van der Waals surface area contributed by atoms with Gasteiger partial charge in [0.15, 0.2) is 0 Å². The summed E-state index contributed by atoms with van der Waals surface area (Å²) < 4.78 is 0. The monoisotopic (exact) mass is 261 g/mol. The number of nitrogen functional groups attached to an aromatic ring is 1. The number of hydrogen-bond donors (Lipinski definition) is 2. The Labute approximate surface area is 114 Å². The molecule has 3 N–H and O–H groups in total. The van der Waals surface area contributed by atoms with E-state index in [2.05, 4.69) is 38.0 Å². The van der Waals surface area contributed by atoms with Crippen LogP contribution < -0.4 is 11.1 Å². The zero-order valence-electron chi connectivity index (χ0n) is 12.2. The van der Waals surface area contributed by atoms with Gasteiger partial charge in [-0.2, -0.15) is 0 Å². The Morgan fingerprint density at radius 3 is 2.63 bits per heavy atom. The molecule has 0 saturated heterocycles. The van der Waals surface area contributed by atoms with Crippen molar-refractivity contribution in [3.8, 4) is 0 Å². The summed E-state index contributed by atoms with van der Waals surface area (Å²) in [6, 6.07) is 3.48. The maximum Gasteiger partial charge on any atom is 0.251 e. The van der Waals surface area contributed by atoms with Gasteiger partial charge in [-0.1, -0.05) is 27.7 Å². The molecule has 1 fully saturated rings. The number of nitrogens with one attached hydrogen (secondary N) is 1. The van der Waals surface area contributed by atoms with E-state index in [-0.39, 0.29) is 11.3 Å². The van der Waals surface area contributed by atoms with E-state index in [0.29, 0.717) is 17.3 Å². The van der Waals surface area contributed by atoms with Crippen molar-refractivity contribution in [2.24, 2.45) is 11.8 Å². The Hall–Kier alpha value is -1.58. The standard InChI is InChI=1S/C15H23N3O/c1-9-5-11(9)8-17-14(19)10-6-12(15(2,3)4)18-13(16)7-10/h6-7,9,11H,5,8H2,1-4H3,(H2,16,18)(H,17,19). The quantitative estimate of drug-likeness (QED) is 0.877. The molecule has 2 unspecified atom stereocenters. The Kier molecular flexibility index (Phi) is 3.52. The van der Waals surface area contributed by atoms with Crippen LogP contribution in [0.1, 0.15) is 50.2 Å². The molecule has 1 aromatic heterocycles. The molecule has 0 spiro atoms. The zero-order chi connectivity index (χ0) is 14.2. The second-order valence-corrected chi connectivity index (χ2v) is 6.60. The normalized spacial score (nSPS) is 22.1. The highest BCUT2D eigenvalue weighted by molar-refractivity contribution is 5.95. The lowest BCUT2D eigenvalue weighted by Gasteiger charge is -2.19. The van der Waals surface area contributed by atoms with Gasteiger partial charge in [0.25, 0.3) is 5.91 Å². The number of hydrogen-bond acceptors (Lipinski definition) is 3. The van der Waals surface area contributed by atoms with Crippen molar-refractivity contribution >= 4 is 11.7 Å². The van der Waals surface area contributed by atoms with E-state index in [9.17, 15) is 4.79 Å². The topological polar surface area (TPSA) is 68.0 Å². The second kappa shape index (κ2) is 4.83. The maximum absolute atomic E-state index is 12.1. The van der Waals surface area contributed by atoms with Gasteiger partial charge in [0, 0.05) is 23.2 Å². The third kappa shape index (κ3) is 3.46. The van der Waals surface area contributed by atoms with Crippen molar-refractivity contribution in [1.82, 2.24) is 10.3 Å². The molecule has 1 aromatic rings. The van der Waals surface area contributed by atoms with Gasteiger partial charge in [-0.3, -0.25) is 4.79 Å². The fraction of sp³-hybridized carbons (Fsp3) is 0.600. The molecule has 4 nitrogen and oxygen atoms in total. The minimum Gasteiger partial charge on any atom is -0.384 e. The average Bonchev–Trinajstić information content (AvgIpc) is 3.00. The van der Waals surface area contributed by atoms with E-state index in [1.165, 1.54) is 6.42 Å². The number of nitrogens with zero attached hydrogens (tertiary/aromatic N) is 1. The number of pyridine rings is 1. The molecule has 0 aromatic carbocycles. The van der Waals surface area contributed by atoms with Crippen molar-refractivity contribution in [3.63, 3.8) is 0 Å². The molecule has 0 aliphatic heterocycles. The molecule has 2 rings (SSSR count). The van der Waals surface area contributed by atoms with E-state index >= 15 is 0 Å². The van der Waals surface area contributed by atoms with E-state index in [1.54, 1.807) is 6.07 Å². The van der Waals surface area contributed by atoms with E-state index in [0.717, 1.165) is 18.2 Å². The summed E-state index contributed by atoms with van der Waals surface area (Å²) in [5.74, 6) is 1.73. The summed E-state index contributed by atoms with van der Waals surface area (Å²) in [7, 11) is 0. The van der Waals surface area contributed by atoms with Gasteiger partial charge < -0.3 is 11.1 Å². The molecule has 0 radical (unpaired) electrons. The highest BCUT2D eigenvalue weighted by Crippen LogP contribution is 2.36. The van der Waals surface area contributed by atoms with Gasteiger partial charge >= 0.3 is 0 Å². The summed E-state index contributed by atoms with van der Waals surface area (Å²) in [5.41, 5.74) is 7.12. The molecule has 0 bridgehead atoms. The molecular weight excluding hydrogens is 238 g/mol. The van der Waals surface area contributed by atoms with Crippen LogP contribution in [0.4, 0.5) is 5.82 Å². The predicted molar refractivity (Wildman–Crippen MR) is 77.0 cm³/mol. The summed E-state index contributed by atoms with van der Waals surface area (Å²) in [4.78, 5) is 16.4. The number of carbonyl (C=O) groups is 1. The second-order valence-electron chi connectivity index (χ2n) is 6.60. The van der Waals surface area contributed by atoms with Crippen LogP contribution in [0.2, 0.25) is 0 Å². The molecule has 19 heavy (non-hydrogen) atoms. The Morgan fingerprint density at radius 1 is 1.47 bits per heavy atom. The molecular formula is C15H23N3O. The highest BCUT2D eigenvalue weighted by atomic mass is 16.1. The molecule has 1 aliphatic rings.